The average Bonchev–Trinajstić information content (AvgIpc) is 2.93. The normalized spacial score (nSPS) is 12.1. The third kappa shape index (κ3) is 6.21. The van der Waals surface area contributed by atoms with Crippen molar-refractivity contribution in [2.75, 3.05) is 26.4 Å². The first-order chi connectivity index (χ1) is 10.5. The molecule has 0 aliphatic carbocycles. The molecule has 2 N–H and O–H groups in total. The van der Waals surface area contributed by atoms with Gasteiger partial charge in [-0.05, 0) is 32.2 Å². The third-order valence-corrected chi connectivity index (χ3v) is 4.79. The van der Waals surface area contributed by atoms with Crippen LogP contribution in [0.15, 0.2) is 35.6 Å². The SMILES string of the molecule is CN=C(NCCc1cn2ccccc2n1)NCC(C)(C)SC.I. The van der Waals surface area contributed by atoms with Crippen LogP contribution < -0.4 is 10.6 Å². The van der Waals surface area contributed by atoms with E-state index < -0.39 is 0 Å². The van der Waals surface area contributed by atoms with Gasteiger partial charge in [-0.3, -0.25) is 4.99 Å². The van der Waals surface area contributed by atoms with Gasteiger partial charge in [0.05, 0.1) is 5.69 Å². The van der Waals surface area contributed by atoms with Crippen LogP contribution in [-0.4, -0.2) is 46.5 Å². The number of hydrogen-bond acceptors (Lipinski definition) is 3. The van der Waals surface area contributed by atoms with Crippen molar-refractivity contribution in [1.29, 1.82) is 0 Å². The molecule has 2 rings (SSSR count). The Morgan fingerprint density at radius 2 is 2.13 bits per heavy atom. The highest BCUT2D eigenvalue weighted by molar-refractivity contribution is 14.0. The Bertz CT molecular complexity index is 605. The predicted molar refractivity (Wildman–Crippen MR) is 111 cm³/mol. The molecule has 0 spiro atoms. The fraction of sp³-hybridized carbons (Fsp3) is 0.500. The van der Waals surface area contributed by atoms with Gasteiger partial charge in [-0.1, -0.05) is 6.07 Å². The highest BCUT2D eigenvalue weighted by atomic mass is 127. The number of guanidine groups is 1. The van der Waals surface area contributed by atoms with Crippen LogP contribution >= 0.6 is 35.7 Å². The smallest absolute Gasteiger partial charge is 0.191 e. The van der Waals surface area contributed by atoms with Crippen molar-refractivity contribution in [3.05, 3.63) is 36.3 Å². The van der Waals surface area contributed by atoms with Gasteiger partial charge in [-0.2, -0.15) is 11.8 Å². The molecule has 0 saturated heterocycles. The maximum atomic E-state index is 4.59. The number of thioether (sulfide) groups is 1. The van der Waals surface area contributed by atoms with Gasteiger partial charge >= 0.3 is 0 Å². The van der Waals surface area contributed by atoms with E-state index >= 15 is 0 Å². The molecule has 0 aliphatic rings. The summed E-state index contributed by atoms with van der Waals surface area (Å²) in [6, 6.07) is 6.03. The first-order valence-electron chi connectivity index (χ1n) is 7.46. The molecule has 0 aliphatic heterocycles. The zero-order valence-electron chi connectivity index (χ0n) is 14.2. The third-order valence-electron chi connectivity index (χ3n) is 3.55. The fourth-order valence-corrected chi connectivity index (χ4v) is 2.22. The molecule has 0 aromatic carbocycles. The van der Waals surface area contributed by atoms with Crippen LogP contribution in [0.3, 0.4) is 0 Å². The number of halogens is 1. The average molecular weight is 447 g/mol. The Hall–Kier alpha value is -0.960. The Labute approximate surface area is 159 Å². The maximum absolute atomic E-state index is 4.59. The second-order valence-electron chi connectivity index (χ2n) is 5.76. The topological polar surface area (TPSA) is 53.7 Å². The van der Waals surface area contributed by atoms with E-state index in [9.17, 15) is 0 Å². The van der Waals surface area contributed by atoms with Crippen molar-refractivity contribution in [3.63, 3.8) is 0 Å². The quantitative estimate of drug-likeness (QED) is 0.406. The monoisotopic (exact) mass is 447 g/mol. The van der Waals surface area contributed by atoms with Gasteiger partial charge in [0.15, 0.2) is 5.96 Å². The largest absolute Gasteiger partial charge is 0.356 e. The number of nitrogens with zero attached hydrogens (tertiary/aromatic N) is 3. The molecule has 23 heavy (non-hydrogen) atoms. The lowest BCUT2D eigenvalue weighted by atomic mass is 10.2. The van der Waals surface area contributed by atoms with E-state index in [1.165, 1.54) is 0 Å². The summed E-state index contributed by atoms with van der Waals surface area (Å²) in [7, 11) is 1.80. The number of hydrogen-bond donors (Lipinski definition) is 2. The number of rotatable bonds is 6. The van der Waals surface area contributed by atoms with Crippen LogP contribution in [0.1, 0.15) is 19.5 Å². The van der Waals surface area contributed by atoms with E-state index in [2.05, 4.69) is 46.9 Å². The van der Waals surface area contributed by atoms with E-state index in [4.69, 9.17) is 0 Å². The highest BCUT2D eigenvalue weighted by Gasteiger charge is 2.15. The lowest BCUT2D eigenvalue weighted by Gasteiger charge is -2.23. The summed E-state index contributed by atoms with van der Waals surface area (Å²) in [5.74, 6) is 0.839. The summed E-state index contributed by atoms with van der Waals surface area (Å²) < 4.78 is 2.24. The van der Waals surface area contributed by atoms with Crippen molar-refractivity contribution < 1.29 is 0 Å². The number of aromatic nitrogens is 2. The maximum Gasteiger partial charge on any atom is 0.191 e. The molecule has 0 saturated carbocycles. The first-order valence-corrected chi connectivity index (χ1v) is 8.69. The molecule has 2 aromatic heterocycles. The van der Waals surface area contributed by atoms with Crippen molar-refractivity contribution in [1.82, 2.24) is 20.0 Å². The molecule has 0 bridgehead atoms. The molecule has 7 heteroatoms. The van der Waals surface area contributed by atoms with Crippen molar-refractivity contribution in [2.24, 2.45) is 4.99 Å². The van der Waals surface area contributed by atoms with Gasteiger partial charge in [-0.25, -0.2) is 4.98 Å². The molecule has 5 nitrogen and oxygen atoms in total. The zero-order valence-corrected chi connectivity index (χ0v) is 17.3. The fourth-order valence-electron chi connectivity index (χ4n) is 2.01. The van der Waals surface area contributed by atoms with Crippen LogP contribution in [0.25, 0.3) is 5.65 Å². The predicted octanol–water partition coefficient (Wildman–Crippen LogP) is 2.80. The first kappa shape index (κ1) is 20.1. The van der Waals surface area contributed by atoms with Gasteiger partial charge in [0.1, 0.15) is 5.65 Å². The Balaban J connectivity index is 0.00000264. The summed E-state index contributed by atoms with van der Waals surface area (Å²) in [6.45, 7) is 6.12. The van der Waals surface area contributed by atoms with Crippen LogP contribution in [-0.2, 0) is 6.42 Å². The summed E-state index contributed by atoms with van der Waals surface area (Å²) in [4.78, 5) is 8.85. The summed E-state index contributed by atoms with van der Waals surface area (Å²) >= 11 is 1.84. The molecule has 0 amide bonds. The van der Waals surface area contributed by atoms with Gasteiger partial charge < -0.3 is 15.0 Å². The van der Waals surface area contributed by atoms with Crippen molar-refractivity contribution in [2.45, 2.75) is 25.0 Å². The molecule has 0 unspecified atom stereocenters. The van der Waals surface area contributed by atoms with Crippen LogP contribution in [0, 0.1) is 0 Å². The second-order valence-corrected chi connectivity index (χ2v) is 7.28. The number of nitrogens with one attached hydrogen (secondary N) is 2. The minimum absolute atomic E-state index is 0. The summed E-state index contributed by atoms with van der Waals surface area (Å²) in [6.07, 6.45) is 7.09. The van der Waals surface area contributed by atoms with E-state index in [1.807, 2.05) is 40.6 Å². The van der Waals surface area contributed by atoms with Crippen molar-refractivity contribution in [3.8, 4) is 0 Å². The zero-order chi connectivity index (χ0) is 16.0. The van der Waals surface area contributed by atoms with Gasteiger partial charge in [0, 0.05) is 43.7 Å². The summed E-state index contributed by atoms with van der Waals surface area (Å²) in [5, 5.41) is 6.71. The van der Waals surface area contributed by atoms with E-state index in [0.717, 1.165) is 36.8 Å². The molecule has 0 fully saturated rings. The van der Waals surface area contributed by atoms with E-state index in [1.54, 1.807) is 7.05 Å². The number of pyridine rings is 1. The Morgan fingerprint density at radius 3 is 2.78 bits per heavy atom. The van der Waals surface area contributed by atoms with Crippen LogP contribution in [0.5, 0.6) is 0 Å². The standard InChI is InChI=1S/C16H25N5S.HI/c1-16(2,22-4)12-19-15(17-3)18-9-8-13-11-21-10-6-5-7-14(21)20-13;/h5-7,10-11H,8-9,12H2,1-4H3,(H2,17,18,19);1H. The van der Waals surface area contributed by atoms with Crippen molar-refractivity contribution >= 4 is 47.3 Å². The van der Waals surface area contributed by atoms with Gasteiger partial charge in [0.25, 0.3) is 0 Å². The molecular weight excluding hydrogens is 421 g/mol. The van der Waals surface area contributed by atoms with Crippen LogP contribution in [0.2, 0.25) is 0 Å². The molecule has 128 valence electrons. The van der Waals surface area contributed by atoms with Gasteiger partial charge in [0.2, 0.25) is 0 Å². The lowest BCUT2D eigenvalue weighted by Crippen LogP contribution is -2.43. The molecule has 0 radical (unpaired) electrons. The number of aliphatic imine (C=N–C) groups is 1. The highest BCUT2D eigenvalue weighted by Crippen LogP contribution is 2.19. The number of imidazole rings is 1. The minimum Gasteiger partial charge on any atom is -0.356 e. The molecule has 0 atom stereocenters. The van der Waals surface area contributed by atoms with Gasteiger partial charge in [-0.15, -0.1) is 24.0 Å². The van der Waals surface area contributed by atoms with E-state index in [0.29, 0.717) is 0 Å². The summed E-state index contributed by atoms with van der Waals surface area (Å²) in [5.41, 5.74) is 2.07. The second kappa shape index (κ2) is 9.36. The number of fused-ring (bicyclic) bond motifs is 1. The Morgan fingerprint density at radius 1 is 1.35 bits per heavy atom. The minimum atomic E-state index is 0. The molecule has 2 aromatic rings. The van der Waals surface area contributed by atoms with Crippen LogP contribution in [0.4, 0.5) is 0 Å². The van der Waals surface area contributed by atoms with E-state index in [-0.39, 0.29) is 28.7 Å². The lowest BCUT2D eigenvalue weighted by molar-refractivity contribution is 0.663. The Kier molecular flexibility index (Phi) is 8.18. The molecule has 2 heterocycles. The molecular formula is C16H26IN5S.